The van der Waals surface area contributed by atoms with Crippen LogP contribution in [-0.4, -0.2) is 67.3 Å². The van der Waals surface area contributed by atoms with E-state index in [1.54, 1.807) is 0 Å². The molecule has 0 spiro atoms. The highest BCUT2D eigenvalue weighted by atomic mass is 16.5. The van der Waals surface area contributed by atoms with Crippen molar-refractivity contribution in [3.8, 4) is 0 Å². The summed E-state index contributed by atoms with van der Waals surface area (Å²) in [5, 5.41) is 3.32. The van der Waals surface area contributed by atoms with E-state index in [4.69, 9.17) is 4.74 Å². The molecule has 0 unspecified atom stereocenters. The molecule has 0 aromatic rings. The molecule has 0 radical (unpaired) electrons. The van der Waals surface area contributed by atoms with E-state index in [0.29, 0.717) is 12.1 Å². The largest absolute Gasteiger partial charge is 0.376 e. The number of hydrogen-bond donors (Lipinski definition) is 1. The lowest BCUT2D eigenvalue weighted by Crippen LogP contribution is -2.54. The standard InChI is InChI=1S/C18H33N3O2/c1-20-11-9-16(10-12-20)21(14-17-8-5-13-23-17)18(22)19-15-6-3-2-4-7-15/h15-17H,2-14H2,1H3,(H,19,22)/t17-/m0/s1. The summed E-state index contributed by atoms with van der Waals surface area (Å²) in [6.07, 6.45) is 10.8. The van der Waals surface area contributed by atoms with E-state index < -0.39 is 0 Å². The van der Waals surface area contributed by atoms with Gasteiger partial charge in [0, 0.05) is 25.2 Å². The van der Waals surface area contributed by atoms with E-state index in [0.717, 1.165) is 64.8 Å². The molecule has 0 aromatic carbocycles. The molecule has 2 heterocycles. The highest BCUT2D eigenvalue weighted by molar-refractivity contribution is 5.75. The van der Waals surface area contributed by atoms with Crippen LogP contribution in [0.1, 0.15) is 57.8 Å². The molecule has 5 heteroatoms. The zero-order valence-corrected chi connectivity index (χ0v) is 14.6. The number of piperidine rings is 1. The van der Waals surface area contributed by atoms with E-state index in [2.05, 4.69) is 22.2 Å². The van der Waals surface area contributed by atoms with E-state index >= 15 is 0 Å². The quantitative estimate of drug-likeness (QED) is 0.865. The summed E-state index contributed by atoms with van der Waals surface area (Å²) < 4.78 is 5.80. The summed E-state index contributed by atoms with van der Waals surface area (Å²) in [6, 6.07) is 0.912. The van der Waals surface area contributed by atoms with Gasteiger partial charge in [0.15, 0.2) is 0 Å². The first kappa shape index (κ1) is 17.0. The van der Waals surface area contributed by atoms with E-state index in [1.165, 1.54) is 19.3 Å². The number of hydrogen-bond acceptors (Lipinski definition) is 3. The van der Waals surface area contributed by atoms with Crippen molar-refractivity contribution in [2.45, 2.75) is 76.0 Å². The third kappa shape index (κ3) is 4.83. The Morgan fingerprint density at radius 2 is 1.83 bits per heavy atom. The number of carbonyl (C=O) groups is 1. The van der Waals surface area contributed by atoms with Gasteiger partial charge >= 0.3 is 6.03 Å². The summed E-state index contributed by atoms with van der Waals surface area (Å²) in [6.45, 7) is 3.80. The van der Waals surface area contributed by atoms with Crippen LogP contribution in [0.25, 0.3) is 0 Å². The lowest BCUT2D eigenvalue weighted by atomic mass is 9.95. The third-order valence-electron chi connectivity index (χ3n) is 5.75. The molecule has 1 atom stereocenters. The maximum atomic E-state index is 12.9. The maximum Gasteiger partial charge on any atom is 0.317 e. The number of nitrogens with zero attached hydrogens (tertiary/aromatic N) is 2. The van der Waals surface area contributed by atoms with Crippen LogP contribution in [0.15, 0.2) is 0 Å². The van der Waals surface area contributed by atoms with Crippen molar-refractivity contribution < 1.29 is 9.53 Å². The van der Waals surface area contributed by atoms with Crippen LogP contribution in [0.3, 0.4) is 0 Å². The van der Waals surface area contributed by atoms with Gasteiger partial charge in [0.05, 0.1) is 6.10 Å². The molecule has 2 saturated heterocycles. The minimum Gasteiger partial charge on any atom is -0.376 e. The Morgan fingerprint density at radius 1 is 1.09 bits per heavy atom. The summed E-state index contributed by atoms with van der Waals surface area (Å²) in [5.41, 5.74) is 0. The van der Waals surface area contributed by atoms with Crippen LogP contribution in [0.4, 0.5) is 4.79 Å². The van der Waals surface area contributed by atoms with E-state index in [9.17, 15) is 4.79 Å². The van der Waals surface area contributed by atoms with Crippen LogP contribution < -0.4 is 5.32 Å². The maximum absolute atomic E-state index is 12.9. The molecule has 3 fully saturated rings. The van der Waals surface area contributed by atoms with Crippen molar-refractivity contribution in [3.05, 3.63) is 0 Å². The molecule has 0 aromatic heterocycles. The lowest BCUT2D eigenvalue weighted by molar-refractivity contribution is 0.0558. The Balaban J connectivity index is 1.59. The summed E-state index contributed by atoms with van der Waals surface area (Å²) in [4.78, 5) is 17.4. The molecular formula is C18H33N3O2. The number of carbonyl (C=O) groups excluding carboxylic acids is 1. The molecule has 23 heavy (non-hydrogen) atoms. The fraction of sp³-hybridized carbons (Fsp3) is 0.944. The van der Waals surface area contributed by atoms with Gasteiger partial charge in [-0.15, -0.1) is 0 Å². The Morgan fingerprint density at radius 3 is 2.48 bits per heavy atom. The van der Waals surface area contributed by atoms with Crippen molar-refractivity contribution in [2.75, 3.05) is 33.3 Å². The zero-order valence-electron chi connectivity index (χ0n) is 14.6. The molecule has 132 valence electrons. The molecule has 2 aliphatic heterocycles. The second-order valence-corrected chi connectivity index (χ2v) is 7.61. The second kappa shape index (κ2) is 8.34. The topological polar surface area (TPSA) is 44.8 Å². The normalized spacial score (nSPS) is 28.0. The van der Waals surface area contributed by atoms with Crippen LogP contribution in [0, 0.1) is 0 Å². The first-order chi connectivity index (χ1) is 11.2. The molecule has 5 nitrogen and oxygen atoms in total. The Bertz CT molecular complexity index is 370. The van der Waals surface area contributed by atoms with Gasteiger partial charge in [0.25, 0.3) is 0 Å². The first-order valence-corrected chi connectivity index (χ1v) is 9.59. The summed E-state index contributed by atoms with van der Waals surface area (Å²) in [5.74, 6) is 0. The average Bonchev–Trinajstić information content (AvgIpc) is 3.08. The summed E-state index contributed by atoms with van der Waals surface area (Å²) in [7, 11) is 2.17. The van der Waals surface area contributed by atoms with Gasteiger partial charge in [-0.1, -0.05) is 19.3 Å². The average molecular weight is 323 g/mol. The monoisotopic (exact) mass is 323 g/mol. The van der Waals surface area contributed by atoms with Gasteiger partial charge in [0.1, 0.15) is 0 Å². The number of rotatable bonds is 4. The highest BCUT2D eigenvalue weighted by Crippen LogP contribution is 2.22. The number of amides is 2. The molecular weight excluding hydrogens is 290 g/mol. The number of likely N-dealkylation sites (tertiary alicyclic amines) is 1. The van der Waals surface area contributed by atoms with Gasteiger partial charge in [0.2, 0.25) is 0 Å². The molecule has 1 N–H and O–H groups in total. The van der Waals surface area contributed by atoms with Crippen molar-refractivity contribution in [2.24, 2.45) is 0 Å². The van der Waals surface area contributed by atoms with Gasteiger partial charge in [-0.05, 0) is 58.7 Å². The van der Waals surface area contributed by atoms with Crippen molar-refractivity contribution in [3.63, 3.8) is 0 Å². The molecule has 1 saturated carbocycles. The predicted molar refractivity (Wildman–Crippen MR) is 91.6 cm³/mol. The van der Waals surface area contributed by atoms with Gasteiger partial charge in [-0.2, -0.15) is 0 Å². The second-order valence-electron chi connectivity index (χ2n) is 7.61. The van der Waals surface area contributed by atoms with Crippen LogP contribution in [0.2, 0.25) is 0 Å². The van der Waals surface area contributed by atoms with Gasteiger partial charge in [-0.3, -0.25) is 0 Å². The van der Waals surface area contributed by atoms with Gasteiger partial charge < -0.3 is 19.9 Å². The molecule has 2 amide bonds. The Hall–Kier alpha value is -0.810. The van der Waals surface area contributed by atoms with E-state index in [-0.39, 0.29) is 12.1 Å². The number of ether oxygens (including phenoxy) is 1. The van der Waals surface area contributed by atoms with Crippen molar-refractivity contribution in [1.29, 1.82) is 0 Å². The Labute approximate surface area is 140 Å². The van der Waals surface area contributed by atoms with Gasteiger partial charge in [-0.25, -0.2) is 4.79 Å². The minimum atomic E-state index is 0.155. The molecule has 1 aliphatic carbocycles. The van der Waals surface area contributed by atoms with Crippen LogP contribution in [0.5, 0.6) is 0 Å². The first-order valence-electron chi connectivity index (χ1n) is 9.59. The Kier molecular flexibility index (Phi) is 6.17. The fourth-order valence-corrected chi connectivity index (χ4v) is 4.22. The molecule has 0 bridgehead atoms. The van der Waals surface area contributed by atoms with E-state index in [1.807, 2.05) is 0 Å². The number of urea groups is 1. The molecule has 3 rings (SSSR count). The third-order valence-corrected chi connectivity index (χ3v) is 5.75. The fourth-order valence-electron chi connectivity index (χ4n) is 4.22. The minimum absolute atomic E-state index is 0.155. The number of nitrogens with one attached hydrogen (secondary N) is 1. The van der Waals surface area contributed by atoms with Crippen LogP contribution >= 0.6 is 0 Å². The lowest BCUT2D eigenvalue weighted by Gasteiger charge is -2.39. The highest BCUT2D eigenvalue weighted by Gasteiger charge is 2.31. The summed E-state index contributed by atoms with van der Waals surface area (Å²) >= 11 is 0. The van der Waals surface area contributed by atoms with Crippen molar-refractivity contribution in [1.82, 2.24) is 15.1 Å². The van der Waals surface area contributed by atoms with Crippen molar-refractivity contribution >= 4 is 6.03 Å². The smallest absolute Gasteiger partial charge is 0.317 e. The zero-order chi connectivity index (χ0) is 16.1. The molecule has 3 aliphatic rings. The predicted octanol–water partition coefficient (Wildman–Crippen LogP) is 2.60. The SMILES string of the molecule is CN1CCC(N(C[C@@H]2CCCO2)C(=O)NC2CCCCC2)CC1. The van der Waals surface area contributed by atoms with Crippen LogP contribution in [-0.2, 0) is 4.74 Å².